The standard InChI is InChI=1S/C32H42N6O3/c1-32(2,3)24-9-11-25(12-10-24)38-29(21-28(36-38)23-15-18-37(4)19-16-23)34-17-5-6-30(40)35-31(41)27(33)20-22-7-13-26(39)14-8-22/h7-15,21,27,34,39H,5-6,16-20,33H2,1-4H3,(H,35,40,41). The second-order valence-electron chi connectivity index (χ2n) is 11.8. The number of anilines is 1. The monoisotopic (exact) mass is 558 g/mol. The Morgan fingerprint density at radius 1 is 1.10 bits per heavy atom. The van der Waals surface area contributed by atoms with Gasteiger partial charge >= 0.3 is 0 Å². The molecule has 41 heavy (non-hydrogen) atoms. The van der Waals surface area contributed by atoms with Crippen LogP contribution in [0.1, 0.15) is 56.9 Å². The van der Waals surface area contributed by atoms with Crippen LogP contribution in [0, 0.1) is 0 Å². The molecule has 1 unspecified atom stereocenters. The van der Waals surface area contributed by atoms with Gasteiger partial charge in [0.2, 0.25) is 11.8 Å². The van der Waals surface area contributed by atoms with E-state index in [0.717, 1.165) is 42.3 Å². The third kappa shape index (κ3) is 8.28. The van der Waals surface area contributed by atoms with Crippen LogP contribution < -0.4 is 16.4 Å². The van der Waals surface area contributed by atoms with E-state index >= 15 is 0 Å². The summed E-state index contributed by atoms with van der Waals surface area (Å²) in [6, 6.07) is 16.2. The van der Waals surface area contributed by atoms with Gasteiger partial charge in [-0.25, -0.2) is 4.68 Å². The molecule has 0 bridgehead atoms. The molecule has 2 aromatic carbocycles. The molecule has 0 aliphatic carbocycles. The number of likely N-dealkylation sites (N-methyl/N-ethyl adjacent to an activating group) is 1. The number of nitrogens with zero attached hydrogens (tertiary/aromatic N) is 3. The largest absolute Gasteiger partial charge is 0.508 e. The lowest BCUT2D eigenvalue weighted by Crippen LogP contribution is -2.44. The van der Waals surface area contributed by atoms with Gasteiger partial charge in [0.25, 0.3) is 0 Å². The maximum atomic E-state index is 12.4. The van der Waals surface area contributed by atoms with Crippen molar-refractivity contribution in [1.82, 2.24) is 20.0 Å². The first-order chi connectivity index (χ1) is 19.5. The molecule has 218 valence electrons. The number of phenolic OH excluding ortho intramolecular Hbond substituents is 1. The van der Waals surface area contributed by atoms with Crippen LogP contribution in [-0.4, -0.2) is 64.3 Å². The van der Waals surface area contributed by atoms with Crippen molar-refractivity contribution in [3.05, 3.63) is 77.5 Å². The van der Waals surface area contributed by atoms with E-state index in [-0.39, 0.29) is 29.9 Å². The van der Waals surface area contributed by atoms with Crippen LogP contribution in [0.4, 0.5) is 5.82 Å². The number of nitrogens with two attached hydrogens (primary N) is 1. The van der Waals surface area contributed by atoms with Crippen LogP contribution in [0.25, 0.3) is 11.3 Å². The molecule has 3 aromatic rings. The third-order valence-electron chi connectivity index (χ3n) is 7.31. The van der Waals surface area contributed by atoms with Gasteiger partial charge in [0.15, 0.2) is 0 Å². The molecule has 0 radical (unpaired) electrons. The van der Waals surface area contributed by atoms with E-state index in [4.69, 9.17) is 10.8 Å². The zero-order chi connectivity index (χ0) is 29.6. The molecule has 0 saturated heterocycles. The first kappa shape index (κ1) is 30.0. The number of nitrogens with one attached hydrogen (secondary N) is 2. The third-order valence-corrected chi connectivity index (χ3v) is 7.31. The maximum absolute atomic E-state index is 12.4. The maximum Gasteiger partial charge on any atom is 0.243 e. The van der Waals surface area contributed by atoms with Crippen LogP contribution in [0.3, 0.4) is 0 Å². The molecule has 1 atom stereocenters. The Morgan fingerprint density at radius 2 is 1.80 bits per heavy atom. The molecule has 9 nitrogen and oxygen atoms in total. The normalized spacial score (nSPS) is 14.8. The van der Waals surface area contributed by atoms with E-state index in [2.05, 4.69) is 79.8 Å². The molecule has 1 aliphatic heterocycles. The second-order valence-corrected chi connectivity index (χ2v) is 11.8. The fraction of sp³-hybridized carbons (Fsp3) is 0.406. The highest BCUT2D eigenvalue weighted by atomic mass is 16.3. The Bertz CT molecular complexity index is 1370. The predicted molar refractivity (Wildman–Crippen MR) is 163 cm³/mol. The van der Waals surface area contributed by atoms with Gasteiger partial charge in [0.1, 0.15) is 11.6 Å². The lowest BCUT2D eigenvalue weighted by atomic mass is 9.87. The summed E-state index contributed by atoms with van der Waals surface area (Å²) in [4.78, 5) is 27.1. The topological polar surface area (TPSA) is 126 Å². The van der Waals surface area contributed by atoms with Gasteiger partial charge in [0, 0.05) is 32.1 Å². The number of imide groups is 1. The molecule has 9 heteroatoms. The van der Waals surface area contributed by atoms with Gasteiger partial charge in [-0.1, -0.05) is 51.1 Å². The lowest BCUT2D eigenvalue weighted by Gasteiger charge is -2.20. The minimum absolute atomic E-state index is 0.0607. The van der Waals surface area contributed by atoms with Gasteiger partial charge in [-0.15, -0.1) is 0 Å². The highest BCUT2D eigenvalue weighted by Gasteiger charge is 2.19. The minimum atomic E-state index is -0.854. The van der Waals surface area contributed by atoms with Gasteiger partial charge in [0.05, 0.1) is 17.4 Å². The predicted octanol–water partition coefficient (Wildman–Crippen LogP) is 4.00. The van der Waals surface area contributed by atoms with E-state index in [9.17, 15) is 14.7 Å². The molecular weight excluding hydrogens is 516 g/mol. The van der Waals surface area contributed by atoms with Gasteiger partial charge in [-0.05, 0) is 72.7 Å². The number of aromatic hydroxyl groups is 1. The number of phenols is 1. The molecule has 0 fully saturated rings. The van der Waals surface area contributed by atoms with Crippen molar-refractivity contribution in [3.8, 4) is 11.4 Å². The lowest BCUT2D eigenvalue weighted by molar-refractivity contribution is -0.131. The minimum Gasteiger partial charge on any atom is -0.508 e. The molecule has 2 heterocycles. The smallest absolute Gasteiger partial charge is 0.243 e. The van der Waals surface area contributed by atoms with Gasteiger partial charge in [-0.3, -0.25) is 14.9 Å². The summed E-state index contributed by atoms with van der Waals surface area (Å²) in [5.74, 6) is 0.133. The van der Waals surface area contributed by atoms with Crippen LogP contribution in [0.2, 0.25) is 0 Å². The molecule has 4 rings (SSSR count). The number of carbonyl (C=O) groups is 2. The van der Waals surface area contributed by atoms with E-state index < -0.39 is 11.9 Å². The molecule has 1 aliphatic rings. The van der Waals surface area contributed by atoms with E-state index in [0.29, 0.717) is 13.0 Å². The Morgan fingerprint density at radius 3 is 2.44 bits per heavy atom. The SMILES string of the molecule is CN1CC=C(c2cc(NCCCC(=O)NC(=O)C(N)Cc3ccc(O)cc3)n(-c3ccc(C(C)(C)C)cc3)n2)CC1. The molecule has 1 aromatic heterocycles. The Labute approximate surface area is 242 Å². The number of benzene rings is 2. The first-order valence-electron chi connectivity index (χ1n) is 14.2. The zero-order valence-corrected chi connectivity index (χ0v) is 24.5. The van der Waals surface area contributed by atoms with Crippen LogP contribution in [-0.2, 0) is 21.4 Å². The average molecular weight is 559 g/mol. The summed E-state index contributed by atoms with van der Waals surface area (Å²) in [6.45, 7) is 9.02. The molecular formula is C32H42N6O3. The Kier molecular flexibility index (Phi) is 9.62. The quantitative estimate of drug-likeness (QED) is 0.277. The highest BCUT2D eigenvalue weighted by molar-refractivity contribution is 5.97. The van der Waals surface area contributed by atoms with Crippen molar-refractivity contribution in [1.29, 1.82) is 0 Å². The number of amides is 2. The fourth-order valence-corrected chi connectivity index (χ4v) is 4.70. The number of hydrogen-bond acceptors (Lipinski definition) is 7. The number of rotatable bonds is 10. The summed E-state index contributed by atoms with van der Waals surface area (Å²) < 4.78 is 1.92. The highest BCUT2D eigenvalue weighted by Crippen LogP contribution is 2.28. The summed E-state index contributed by atoms with van der Waals surface area (Å²) in [7, 11) is 2.11. The van der Waals surface area contributed by atoms with Crippen LogP contribution >= 0.6 is 0 Å². The van der Waals surface area contributed by atoms with E-state index in [1.54, 1.807) is 24.3 Å². The zero-order valence-electron chi connectivity index (χ0n) is 24.5. The summed E-state index contributed by atoms with van der Waals surface area (Å²) >= 11 is 0. The van der Waals surface area contributed by atoms with E-state index in [1.165, 1.54) is 11.1 Å². The molecule has 2 amide bonds. The second kappa shape index (κ2) is 13.1. The van der Waals surface area contributed by atoms with Crippen molar-refractivity contribution < 1.29 is 14.7 Å². The van der Waals surface area contributed by atoms with Crippen LogP contribution in [0.5, 0.6) is 5.75 Å². The van der Waals surface area contributed by atoms with Crippen molar-refractivity contribution in [3.63, 3.8) is 0 Å². The molecule has 5 N–H and O–H groups in total. The van der Waals surface area contributed by atoms with Crippen LogP contribution in [0.15, 0.2) is 60.7 Å². The van der Waals surface area contributed by atoms with Crippen molar-refractivity contribution in [2.75, 3.05) is 32.0 Å². The van der Waals surface area contributed by atoms with Crippen molar-refractivity contribution in [2.45, 2.75) is 57.9 Å². The van der Waals surface area contributed by atoms with Gasteiger partial charge in [-0.2, -0.15) is 5.10 Å². The molecule has 0 spiro atoms. The van der Waals surface area contributed by atoms with E-state index in [1.807, 2.05) is 4.68 Å². The van der Waals surface area contributed by atoms with Crippen molar-refractivity contribution >= 4 is 23.2 Å². The Balaban J connectivity index is 1.36. The number of carbonyl (C=O) groups excluding carboxylic acids is 2. The number of hydrogen-bond donors (Lipinski definition) is 4. The Hall–Kier alpha value is -3.95. The fourth-order valence-electron chi connectivity index (χ4n) is 4.70. The summed E-state index contributed by atoms with van der Waals surface area (Å²) in [5, 5.41) is 20.2. The number of aromatic nitrogens is 2. The van der Waals surface area contributed by atoms with Crippen molar-refractivity contribution in [2.24, 2.45) is 5.73 Å². The summed E-state index contributed by atoms with van der Waals surface area (Å²) in [6.07, 6.45) is 4.17. The first-order valence-corrected chi connectivity index (χ1v) is 14.2. The summed E-state index contributed by atoms with van der Waals surface area (Å²) in [5.41, 5.74) is 11.3. The van der Waals surface area contributed by atoms with Gasteiger partial charge < -0.3 is 21.1 Å². The average Bonchev–Trinajstić information content (AvgIpc) is 3.36. The molecule has 0 saturated carbocycles.